The lowest BCUT2D eigenvalue weighted by Crippen LogP contribution is -2.55. The zero-order valence-electron chi connectivity index (χ0n) is 36.0. The van der Waals surface area contributed by atoms with Crippen LogP contribution in [0.2, 0.25) is 0 Å². The van der Waals surface area contributed by atoms with E-state index in [1.165, 1.54) is 11.3 Å². The molecular weight excluding hydrogens is 793 g/mol. The summed E-state index contributed by atoms with van der Waals surface area (Å²) < 4.78 is 0. The fourth-order valence-corrected chi connectivity index (χ4v) is 8.73. The lowest BCUT2D eigenvalue weighted by atomic mass is 9.97. The number of nitrogens with two attached hydrogens (primary N) is 1. The first-order chi connectivity index (χ1) is 29.1. The molecule has 61 heavy (non-hydrogen) atoms. The molecule has 4 aromatic rings. The molecule has 6 rings (SSSR count). The van der Waals surface area contributed by atoms with E-state index in [0.717, 1.165) is 33.7 Å². The fourth-order valence-electron chi connectivity index (χ4n) is 7.92. The number of benzene rings is 3. The predicted octanol–water partition coefficient (Wildman–Crippen LogP) is 5.54. The van der Waals surface area contributed by atoms with Gasteiger partial charge in [0, 0.05) is 43.2 Å². The molecule has 3 aromatic carbocycles. The number of ketones is 1. The summed E-state index contributed by atoms with van der Waals surface area (Å²) in [6.07, 6.45) is 1.24. The Morgan fingerprint density at radius 3 is 2.33 bits per heavy atom. The molecule has 2 aliphatic heterocycles. The zero-order valence-corrected chi connectivity index (χ0v) is 36.8. The van der Waals surface area contributed by atoms with E-state index in [1.54, 1.807) is 40.4 Å². The standard InChI is InChI=1S/C29H32N4O4S.C18H28N2O3/c1-17(2)25(33-15-21-7-4-5-8-22(21)28(33)36)29(37)32-12-6-9-23(32)27(35)30-14-20-11-10-19(13-24(20)34)26-18(3)31-16-38-26;1-4-16(21)15(10-12(2)3)20-18(23)17(22)14(19)11-13-8-6-5-7-9-13/h4-5,7-8,10-11,13,16-17,23,25,34H,6,9,12,14-15H2,1-3H3,(H,30,35);5-9,12,14-15,17,22H,4,10-11,19H2,1-3H3,(H,20,23). The first kappa shape index (κ1) is 46.6. The summed E-state index contributed by atoms with van der Waals surface area (Å²) in [5, 5.41) is 26.3. The summed E-state index contributed by atoms with van der Waals surface area (Å²) in [6, 6.07) is 19.8. The second-order valence-corrected chi connectivity index (χ2v) is 17.5. The van der Waals surface area contributed by atoms with Gasteiger partial charge in [-0.3, -0.25) is 24.0 Å². The molecule has 3 heterocycles. The number of fused-ring (bicyclic) bond motifs is 1. The number of aromatic hydroxyl groups is 1. The number of carbonyl (C=O) groups is 5. The van der Waals surface area contributed by atoms with Gasteiger partial charge in [-0.2, -0.15) is 0 Å². The molecule has 5 unspecified atom stereocenters. The monoisotopic (exact) mass is 852 g/mol. The number of Topliss-reactive ketones (excluding diaryl/α,β-unsaturated/α-hetero) is 1. The van der Waals surface area contributed by atoms with Crippen molar-refractivity contribution in [2.24, 2.45) is 17.6 Å². The van der Waals surface area contributed by atoms with Gasteiger partial charge in [-0.15, -0.1) is 11.3 Å². The van der Waals surface area contributed by atoms with Gasteiger partial charge in [-0.05, 0) is 73.3 Å². The number of likely N-dealkylation sites (tertiary alicyclic amines) is 1. The molecule has 14 heteroatoms. The van der Waals surface area contributed by atoms with Gasteiger partial charge in [0.05, 0.1) is 22.1 Å². The van der Waals surface area contributed by atoms with Crippen molar-refractivity contribution in [3.05, 3.63) is 106 Å². The molecule has 0 radical (unpaired) electrons. The van der Waals surface area contributed by atoms with Crippen LogP contribution in [-0.2, 0) is 38.7 Å². The number of hydrogen-bond donors (Lipinski definition) is 5. The molecular formula is C47H60N6O7S. The van der Waals surface area contributed by atoms with Crippen molar-refractivity contribution in [2.45, 2.75) is 117 Å². The van der Waals surface area contributed by atoms with Gasteiger partial charge in [0.15, 0.2) is 5.78 Å². The molecule has 5 atom stereocenters. The SMILES string of the molecule is CCC(=O)C(CC(C)C)NC(=O)C(O)C(N)Cc1ccccc1.Cc1ncsc1-c1ccc(CNC(=O)C2CCCN2C(=O)C(C(C)C)N2Cc3ccccc3C2=O)c(O)c1. The molecule has 326 valence electrons. The summed E-state index contributed by atoms with van der Waals surface area (Å²) in [5.41, 5.74) is 12.6. The molecule has 0 spiro atoms. The number of rotatable bonds is 16. The van der Waals surface area contributed by atoms with Gasteiger partial charge in [0.1, 0.15) is 23.9 Å². The summed E-state index contributed by atoms with van der Waals surface area (Å²) in [5.74, 6) is -0.935. The normalized spacial score (nSPS) is 16.7. The van der Waals surface area contributed by atoms with Crippen molar-refractivity contribution in [1.82, 2.24) is 25.4 Å². The molecule has 0 aliphatic carbocycles. The number of carbonyl (C=O) groups excluding carboxylic acids is 5. The van der Waals surface area contributed by atoms with Crippen LogP contribution in [0.5, 0.6) is 5.75 Å². The smallest absolute Gasteiger partial charge is 0.255 e. The second-order valence-electron chi connectivity index (χ2n) is 16.6. The number of aliphatic hydroxyl groups is 1. The number of hydrogen-bond acceptors (Lipinski definition) is 10. The van der Waals surface area contributed by atoms with Crippen LogP contribution in [0.4, 0.5) is 0 Å². The van der Waals surface area contributed by atoms with Crippen LogP contribution in [0.3, 0.4) is 0 Å². The van der Waals surface area contributed by atoms with E-state index in [4.69, 9.17) is 5.73 Å². The first-order valence-corrected chi connectivity index (χ1v) is 22.0. The molecule has 0 bridgehead atoms. The third kappa shape index (κ3) is 11.7. The Balaban J connectivity index is 0.000000263. The van der Waals surface area contributed by atoms with Crippen molar-refractivity contribution in [3.63, 3.8) is 0 Å². The van der Waals surface area contributed by atoms with Gasteiger partial charge < -0.3 is 36.4 Å². The minimum Gasteiger partial charge on any atom is -0.508 e. The number of nitrogens with zero attached hydrogens (tertiary/aromatic N) is 3. The second kappa shape index (κ2) is 21.4. The van der Waals surface area contributed by atoms with Crippen LogP contribution in [-0.4, -0.2) is 91.2 Å². The number of amides is 4. The Hall–Kier alpha value is -5.44. The number of nitrogens with one attached hydrogen (secondary N) is 2. The quantitative estimate of drug-likeness (QED) is 0.0962. The highest BCUT2D eigenvalue weighted by Crippen LogP contribution is 2.32. The van der Waals surface area contributed by atoms with Gasteiger partial charge in [0.25, 0.3) is 11.8 Å². The number of aromatic nitrogens is 1. The average molecular weight is 853 g/mol. The zero-order chi connectivity index (χ0) is 44.4. The Bertz CT molecular complexity index is 2160. The molecule has 1 aromatic heterocycles. The van der Waals surface area contributed by atoms with Gasteiger partial charge >= 0.3 is 0 Å². The third-order valence-corrected chi connectivity index (χ3v) is 12.2. The van der Waals surface area contributed by atoms with E-state index >= 15 is 0 Å². The van der Waals surface area contributed by atoms with E-state index in [1.807, 2.05) is 89.2 Å². The highest BCUT2D eigenvalue weighted by atomic mass is 32.1. The summed E-state index contributed by atoms with van der Waals surface area (Å²) in [6.45, 7) is 12.5. The molecule has 0 saturated carbocycles. The van der Waals surface area contributed by atoms with Crippen LogP contribution in [0.15, 0.2) is 78.3 Å². The van der Waals surface area contributed by atoms with Crippen LogP contribution >= 0.6 is 11.3 Å². The van der Waals surface area contributed by atoms with Crippen molar-refractivity contribution in [3.8, 4) is 16.2 Å². The Morgan fingerprint density at radius 2 is 1.70 bits per heavy atom. The molecule has 6 N–H and O–H groups in total. The topological polar surface area (TPSA) is 195 Å². The number of thiazole rings is 1. The molecule has 4 amide bonds. The molecule has 1 saturated heterocycles. The number of aryl methyl sites for hydroxylation is 1. The molecule has 2 aliphatic rings. The number of aliphatic hydroxyl groups excluding tert-OH is 1. The summed E-state index contributed by atoms with van der Waals surface area (Å²) in [7, 11) is 0. The highest BCUT2D eigenvalue weighted by molar-refractivity contribution is 7.13. The Morgan fingerprint density at radius 1 is 1.00 bits per heavy atom. The van der Waals surface area contributed by atoms with Gasteiger partial charge in [-0.1, -0.05) is 95.3 Å². The Labute approximate surface area is 362 Å². The minimum absolute atomic E-state index is 0.0316. The van der Waals surface area contributed by atoms with Crippen molar-refractivity contribution < 1.29 is 34.2 Å². The predicted molar refractivity (Wildman–Crippen MR) is 236 cm³/mol. The van der Waals surface area contributed by atoms with Crippen LogP contribution in [0, 0.1) is 18.8 Å². The lowest BCUT2D eigenvalue weighted by molar-refractivity contribution is -0.143. The first-order valence-electron chi connectivity index (χ1n) is 21.1. The lowest BCUT2D eigenvalue weighted by Gasteiger charge is -2.35. The van der Waals surface area contributed by atoms with Crippen LogP contribution in [0.1, 0.15) is 93.0 Å². The van der Waals surface area contributed by atoms with Crippen molar-refractivity contribution in [1.29, 1.82) is 0 Å². The number of phenolic OH excluding ortho intramolecular Hbond substituents is 1. The average Bonchev–Trinajstić information content (AvgIpc) is 3.99. The largest absolute Gasteiger partial charge is 0.508 e. The minimum atomic E-state index is -1.34. The maximum absolute atomic E-state index is 13.8. The fraction of sp³-hybridized carbons (Fsp3) is 0.447. The van der Waals surface area contributed by atoms with E-state index in [-0.39, 0.29) is 47.6 Å². The van der Waals surface area contributed by atoms with E-state index < -0.39 is 36.2 Å². The maximum atomic E-state index is 13.8. The summed E-state index contributed by atoms with van der Waals surface area (Å²) in [4.78, 5) is 72.8. The van der Waals surface area contributed by atoms with Crippen LogP contribution in [0.25, 0.3) is 10.4 Å². The van der Waals surface area contributed by atoms with E-state index in [9.17, 15) is 34.2 Å². The van der Waals surface area contributed by atoms with Gasteiger partial charge in [-0.25, -0.2) is 4.98 Å². The summed E-state index contributed by atoms with van der Waals surface area (Å²) >= 11 is 1.51. The van der Waals surface area contributed by atoms with Crippen molar-refractivity contribution in [2.75, 3.05) is 6.54 Å². The third-order valence-electron chi connectivity index (χ3n) is 11.2. The Kier molecular flexibility index (Phi) is 16.3. The van der Waals surface area contributed by atoms with E-state index in [0.29, 0.717) is 49.9 Å². The molecule has 13 nitrogen and oxygen atoms in total. The van der Waals surface area contributed by atoms with E-state index in [2.05, 4.69) is 15.6 Å². The van der Waals surface area contributed by atoms with Crippen LogP contribution < -0.4 is 16.4 Å². The maximum Gasteiger partial charge on any atom is 0.255 e. The number of phenols is 1. The van der Waals surface area contributed by atoms with Gasteiger partial charge in [0.2, 0.25) is 11.8 Å². The molecule has 1 fully saturated rings. The van der Waals surface area contributed by atoms with Crippen molar-refractivity contribution >= 4 is 40.7 Å². The highest BCUT2D eigenvalue weighted by Gasteiger charge is 2.43.